The Bertz CT molecular complexity index is 964. The number of carbonyl (C=O) groups is 2. The van der Waals surface area contributed by atoms with Crippen molar-refractivity contribution in [3.05, 3.63) is 102 Å². The fourth-order valence-corrected chi connectivity index (χ4v) is 3.53. The van der Waals surface area contributed by atoms with E-state index in [-0.39, 0.29) is 12.3 Å². The fraction of sp³-hybridized carbons (Fsp3) is 0.200. The number of benzene rings is 3. The fourth-order valence-electron chi connectivity index (χ4n) is 3.53. The highest BCUT2D eigenvalue weighted by molar-refractivity contribution is 5.95. The van der Waals surface area contributed by atoms with E-state index in [4.69, 9.17) is 10.5 Å². The number of nitrogens with one attached hydrogen (secondary N) is 1. The van der Waals surface area contributed by atoms with Gasteiger partial charge in [0.2, 0.25) is 11.8 Å². The Morgan fingerprint density at radius 1 is 0.933 bits per heavy atom. The molecular formula is C25H26N2O3. The molecule has 0 aliphatic heterocycles. The molecule has 0 aliphatic rings. The third kappa shape index (κ3) is 4.51. The van der Waals surface area contributed by atoms with E-state index in [9.17, 15) is 9.59 Å². The first-order chi connectivity index (χ1) is 14.4. The van der Waals surface area contributed by atoms with Gasteiger partial charge >= 0.3 is 0 Å². The third-order valence-corrected chi connectivity index (χ3v) is 5.38. The van der Waals surface area contributed by atoms with Gasteiger partial charge in [0.25, 0.3) is 0 Å². The van der Waals surface area contributed by atoms with Gasteiger partial charge in [-0.3, -0.25) is 9.59 Å². The van der Waals surface area contributed by atoms with Crippen LogP contribution in [-0.2, 0) is 21.4 Å². The number of amides is 2. The first-order valence-corrected chi connectivity index (χ1v) is 9.79. The predicted octanol–water partition coefficient (Wildman–Crippen LogP) is 3.21. The number of methoxy groups -OCH3 is 1. The van der Waals surface area contributed by atoms with Crippen LogP contribution in [0.1, 0.15) is 23.6 Å². The monoisotopic (exact) mass is 402 g/mol. The lowest BCUT2D eigenvalue weighted by Gasteiger charge is -2.31. The van der Waals surface area contributed by atoms with Gasteiger partial charge in [0, 0.05) is 6.42 Å². The molecule has 5 nitrogen and oxygen atoms in total. The zero-order valence-electron chi connectivity index (χ0n) is 17.2. The maximum absolute atomic E-state index is 13.6. The molecule has 30 heavy (non-hydrogen) atoms. The van der Waals surface area contributed by atoms with E-state index in [0.717, 1.165) is 16.7 Å². The Hall–Kier alpha value is -3.60. The summed E-state index contributed by atoms with van der Waals surface area (Å²) in [6.07, 6.45) is 0.276. The molecule has 0 heterocycles. The average molecular weight is 402 g/mol. The van der Waals surface area contributed by atoms with Gasteiger partial charge in [-0.1, -0.05) is 72.8 Å². The van der Waals surface area contributed by atoms with Crippen molar-refractivity contribution in [2.24, 2.45) is 5.73 Å². The summed E-state index contributed by atoms with van der Waals surface area (Å²) in [7, 11) is 1.58. The summed E-state index contributed by atoms with van der Waals surface area (Å²) in [4.78, 5) is 25.7. The summed E-state index contributed by atoms with van der Waals surface area (Å²) >= 11 is 0. The molecule has 5 heteroatoms. The van der Waals surface area contributed by atoms with E-state index in [1.165, 1.54) is 0 Å². The minimum atomic E-state index is -0.982. The summed E-state index contributed by atoms with van der Waals surface area (Å²) in [5.41, 5.74) is 7.17. The summed E-state index contributed by atoms with van der Waals surface area (Å²) in [5, 5.41) is 2.89. The standard InChI is InChI=1S/C25H26N2O3/c1-25(19-11-5-3-6-12-19,20-13-7-4-8-14-20)24(29)27-22(23(26)28)17-18-10-9-15-21(16-18)30-2/h3-16,22H,17H2,1-2H3,(H2,26,28)(H,27,29)/t22-/m0/s1. The zero-order valence-corrected chi connectivity index (χ0v) is 17.2. The number of nitrogens with two attached hydrogens (primary N) is 1. The van der Waals surface area contributed by atoms with Crippen LogP contribution in [0.5, 0.6) is 5.75 Å². The number of hydrogen-bond donors (Lipinski definition) is 2. The quantitative estimate of drug-likeness (QED) is 0.607. The van der Waals surface area contributed by atoms with Gasteiger partial charge in [0.1, 0.15) is 11.8 Å². The topological polar surface area (TPSA) is 81.4 Å². The van der Waals surface area contributed by atoms with Crippen molar-refractivity contribution in [3.8, 4) is 5.75 Å². The maximum atomic E-state index is 13.6. The molecule has 0 bridgehead atoms. The Morgan fingerprint density at radius 2 is 1.50 bits per heavy atom. The van der Waals surface area contributed by atoms with E-state index in [0.29, 0.717) is 5.75 Å². The summed E-state index contributed by atoms with van der Waals surface area (Å²) in [5.74, 6) is -0.193. The van der Waals surface area contributed by atoms with Crippen molar-refractivity contribution in [2.75, 3.05) is 7.11 Å². The lowest BCUT2D eigenvalue weighted by Crippen LogP contribution is -2.52. The van der Waals surface area contributed by atoms with Crippen molar-refractivity contribution in [3.63, 3.8) is 0 Å². The van der Waals surface area contributed by atoms with Crippen LogP contribution in [0.2, 0.25) is 0 Å². The van der Waals surface area contributed by atoms with Gasteiger partial charge in [-0.05, 0) is 35.7 Å². The molecular weight excluding hydrogens is 376 g/mol. The van der Waals surface area contributed by atoms with E-state index >= 15 is 0 Å². The molecule has 0 saturated carbocycles. The Morgan fingerprint density at radius 3 is 2.00 bits per heavy atom. The van der Waals surface area contributed by atoms with Crippen LogP contribution < -0.4 is 15.8 Å². The van der Waals surface area contributed by atoms with Crippen molar-refractivity contribution in [1.82, 2.24) is 5.32 Å². The molecule has 2 amide bonds. The molecule has 0 unspecified atom stereocenters. The second-order valence-corrected chi connectivity index (χ2v) is 7.34. The first-order valence-electron chi connectivity index (χ1n) is 9.79. The summed E-state index contributed by atoms with van der Waals surface area (Å²) in [6, 6.07) is 25.5. The second-order valence-electron chi connectivity index (χ2n) is 7.34. The molecule has 0 fully saturated rings. The van der Waals surface area contributed by atoms with Crippen molar-refractivity contribution in [1.29, 1.82) is 0 Å². The molecule has 154 valence electrons. The van der Waals surface area contributed by atoms with Crippen molar-refractivity contribution < 1.29 is 14.3 Å². The van der Waals surface area contributed by atoms with Crippen LogP contribution in [0.25, 0.3) is 0 Å². The lowest BCUT2D eigenvalue weighted by molar-refractivity contribution is -0.129. The van der Waals surface area contributed by atoms with Gasteiger partial charge in [-0.15, -0.1) is 0 Å². The minimum absolute atomic E-state index is 0.276. The molecule has 0 saturated heterocycles. The number of rotatable bonds is 8. The lowest BCUT2D eigenvalue weighted by atomic mass is 9.75. The van der Waals surface area contributed by atoms with Gasteiger partial charge in [-0.25, -0.2) is 0 Å². The van der Waals surface area contributed by atoms with Crippen LogP contribution >= 0.6 is 0 Å². The first kappa shape index (κ1) is 21.1. The molecule has 0 radical (unpaired) electrons. The largest absolute Gasteiger partial charge is 0.497 e. The van der Waals surface area contributed by atoms with E-state index in [1.807, 2.05) is 91.9 Å². The normalized spacial score (nSPS) is 12.1. The number of ether oxygens (including phenoxy) is 1. The van der Waals surface area contributed by atoms with Gasteiger partial charge < -0.3 is 15.8 Å². The Kier molecular flexibility index (Phi) is 6.52. The third-order valence-electron chi connectivity index (χ3n) is 5.38. The van der Waals surface area contributed by atoms with Crippen LogP contribution in [0.4, 0.5) is 0 Å². The van der Waals surface area contributed by atoms with Crippen LogP contribution in [0.15, 0.2) is 84.9 Å². The molecule has 0 spiro atoms. The molecule has 1 atom stereocenters. The highest BCUT2D eigenvalue weighted by atomic mass is 16.5. The van der Waals surface area contributed by atoms with Crippen molar-refractivity contribution >= 4 is 11.8 Å². The van der Waals surface area contributed by atoms with Crippen LogP contribution in [0.3, 0.4) is 0 Å². The summed E-state index contributed by atoms with van der Waals surface area (Å²) < 4.78 is 5.24. The van der Waals surface area contributed by atoms with Crippen LogP contribution in [0, 0.1) is 0 Å². The number of hydrogen-bond acceptors (Lipinski definition) is 3. The highest BCUT2D eigenvalue weighted by Gasteiger charge is 2.38. The van der Waals surface area contributed by atoms with E-state index in [2.05, 4.69) is 5.32 Å². The van der Waals surface area contributed by atoms with Gasteiger partial charge in [0.05, 0.1) is 12.5 Å². The second kappa shape index (κ2) is 9.27. The van der Waals surface area contributed by atoms with E-state index in [1.54, 1.807) is 7.11 Å². The molecule has 0 aliphatic carbocycles. The molecule has 3 N–H and O–H groups in total. The number of primary amides is 1. The molecule has 3 aromatic rings. The number of carbonyl (C=O) groups excluding carboxylic acids is 2. The van der Waals surface area contributed by atoms with Crippen LogP contribution in [-0.4, -0.2) is 25.0 Å². The highest BCUT2D eigenvalue weighted by Crippen LogP contribution is 2.32. The SMILES string of the molecule is COc1cccc(C[C@H](NC(=O)C(C)(c2ccccc2)c2ccccc2)C(N)=O)c1. The van der Waals surface area contributed by atoms with Crippen molar-refractivity contribution in [2.45, 2.75) is 24.8 Å². The zero-order chi connectivity index (χ0) is 21.6. The smallest absolute Gasteiger partial charge is 0.240 e. The summed E-state index contributed by atoms with van der Waals surface area (Å²) in [6.45, 7) is 1.86. The predicted molar refractivity (Wildman–Crippen MR) is 117 cm³/mol. The molecule has 3 rings (SSSR count). The Balaban J connectivity index is 1.92. The molecule has 3 aromatic carbocycles. The van der Waals surface area contributed by atoms with Gasteiger partial charge in [-0.2, -0.15) is 0 Å². The van der Waals surface area contributed by atoms with Gasteiger partial charge in [0.15, 0.2) is 0 Å². The molecule has 0 aromatic heterocycles. The Labute approximate surface area is 176 Å². The minimum Gasteiger partial charge on any atom is -0.497 e. The van der Waals surface area contributed by atoms with E-state index < -0.39 is 17.4 Å². The maximum Gasteiger partial charge on any atom is 0.240 e. The average Bonchev–Trinajstić information content (AvgIpc) is 2.79.